The van der Waals surface area contributed by atoms with Crippen molar-refractivity contribution in [3.63, 3.8) is 0 Å². The number of rotatable bonds is 1. The highest BCUT2D eigenvalue weighted by Gasteiger charge is 2.27. The van der Waals surface area contributed by atoms with Gasteiger partial charge < -0.3 is 5.73 Å². The second kappa shape index (κ2) is 3.59. The molecule has 1 aromatic rings. The Balaban J connectivity index is 2.30. The smallest absolute Gasteiger partial charge is 0.0862 e. The molecule has 1 aromatic heterocycles. The molecular weight excluding hydrogens is 188 g/mol. The molecule has 0 saturated carbocycles. The molecule has 4 nitrogen and oxygen atoms in total. The van der Waals surface area contributed by atoms with E-state index < -0.39 is 0 Å². The van der Waals surface area contributed by atoms with E-state index in [2.05, 4.69) is 35.8 Å². The highest BCUT2D eigenvalue weighted by molar-refractivity contribution is 5.16. The molecule has 0 fully saturated rings. The molecule has 1 atom stereocenters. The van der Waals surface area contributed by atoms with Crippen LogP contribution in [0.4, 0.5) is 0 Å². The van der Waals surface area contributed by atoms with Crippen molar-refractivity contribution >= 4 is 0 Å². The van der Waals surface area contributed by atoms with E-state index in [-0.39, 0.29) is 5.54 Å². The minimum absolute atomic E-state index is 0.0378. The molecule has 1 heterocycles. The maximum absolute atomic E-state index is 5.70. The summed E-state index contributed by atoms with van der Waals surface area (Å²) in [5.41, 5.74) is 8.21. The molecular formula is C11H20N4. The van der Waals surface area contributed by atoms with Crippen LogP contribution in [0.1, 0.15) is 38.6 Å². The van der Waals surface area contributed by atoms with Crippen molar-refractivity contribution in [1.82, 2.24) is 15.0 Å². The van der Waals surface area contributed by atoms with Gasteiger partial charge >= 0.3 is 0 Å². The third kappa shape index (κ3) is 1.91. The summed E-state index contributed by atoms with van der Waals surface area (Å²) in [7, 11) is 0. The Hall–Kier alpha value is -0.900. The van der Waals surface area contributed by atoms with Crippen molar-refractivity contribution in [1.29, 1.82) is 0 Å². The fourth-order valence-electron chi connectivity index (χ4n) is 2.20. The van der Waals surface area contributed by atoms with Crippen molar-refractivity contribution in [2.75, 3.05) is 6.54 Å². The van der Waals surface area contributed by atoms with Gasteiger partial charge in [-0.1, -0.05) is 5.21 Å². The molecule has 0 spiro atoms. The fourth-order valence-corrected chi connectivity index (χ4v) is 2.20. The van der Waals surface area contributed by atoms with Crippen molar-refractivity contribution in [3.8, 4) is 0 Å². The van der Waals surface area contributed by atoms with E-state index in [1.54, 1.807) is 0 Å². The standard InChI is InChI=1S/C11H20N4/c1-11(2,3)15-10-5-4-8(7-12)6-9(10)13-14-15/h8H,4-7,12H2,1-3H3. The SMILES string of the molecule is CC(C)(C)n1nnc2c1CCC(CN)C2. The normalized spacial score (nSPS) is 21.5. The Kier molecular flexibility index (Phi) is 2.54. The average molecular weight is 208 g/mol. The Morgan fingerprint density at radius 1 is 1.47 bits per heavy atom. The molecule has 84 valence electrons. The van der Waals surface area contributed by atoms with Crippen LogP contribution in [0, 0.1) is 5.92 Å². The summed E-state index contributed by atoms with van der Waals surface area (Å²) in [5.74, 6) is 0.600. The summed E-state index contributed by atoms with van der Waals surface area (Å²) in [6.45, 7) is 7.26. The first-order valence-corrected chi connectivity index (χ1v) is 5.66. The van der Waals surface area contributed by atoms with Gasteiger partial charge in [0.15, 0.2) is 0 Å². The molecule has 0 aromatic carbocycles. The average Bonchev–Trinajstić information content (AvgIpc) is 2.59. The zero-order valence-electron chi connectivity index (χ0n) is 9.82. The molecule has 2 N–H and O–H groups in total. The van der Waals surface area contributed by atoms with Gasteiger partial charge in [0.2, 0.25) is 0 Å². The van der Waals surface area contributed by atoms with Crippen molar-refractivity contribution in [2.24, 2.45) is 11.7 Å². The molecule has 2 rings (SSSR count). The summed E-state index contributed by atoms with van der Waals surface area (Å²) in [4.78, 5) is 0. The quantitative estimate of drug-likeness (QED) is 0.751. The predicted octanol–water partition coefficient (Wildman–Crippen LogP) is 1.10. The molecule has 1 unspecified atom stereocenters. The lowest BCUT2D eigenvalue weighted by Crippen LogP contribution is -2.28. The van der Waals surface area contributed by atoms with Gasteiger partial charge in [-0.2, -0.15) is 0 Å². The van der Waals surface area contributed by atoms with Crippen LogP contribution in [0.25, 0.3) is 0 Å². The second-order valence-corrected chi connectivity index (χ2v) is 5.41. The van der Waals surface area contributed by atoms with E-state index >= 15 is 0 Å². The van der Waals surface area contributed by atoms with Crippen LogP contribution >= 0.6 is 0 Å². The Morgan fingerprint density at radius 3 is 2.80 bits per heavy atom. The molecule has 0 saturated heterocycles. The number of nitrogens with zero attached hydrogens (tertiary/aromatic N) is 3. The monoisotopic (exact) mass is 208 g/mol. The molecule has 4 heteroatoms. The van der Waals surface area contributed by atoms with E-state index in [0.29, 0.717) is 5.92 Å². The van der Waals surface area contributed by atoms with Crippen LogP contribution in [-0.2, 0) is 18.4 Å². The summed E-state index contributed by atoms with van der Waals surface area (Å²) in [6, 6.07) is 0. The van der Waals surface area contributed by atoms with E-state index in [0.717, 1.165) is 25.1 Å². The maximum Gasteiger partial charge on any atom is 0.0862 e. The first kappa shape index (κ1) is 10.6. The van der Waals surface area contributed by atoms with E-state index in [1.807, 2.05) is 0 Å². The van der Waals surface area contributed by atoms with Gasteiger partial charge in [0.05, 0.1) is 16.9 Å². The van der Waals surface area contributed by atoms with E-state index in [1.165, 1.54) is 12.1 Å². The topological polar surface area (TPSA) is 56.7 Å². The summed E-state index contributed by atoms with van der Waals surface area (Å²) in [6.07, 6.45) is 3.25. The summed E-state index contributed by atoms with van der Waals surface area (Å²) < 4.78 is 2.06. The zero-order valence-corrected chi connectivity index (χ0v) is 9.82. The molecule has 0 radical (unpaired) electrons. The van der Waals surface area contributed by atoms with Crippen molar-refractivity contribution < 1.29 is 0 Å². The highest BCUT2D eigenvalue weighted by Crippen LogP contribution is 2.26. The van der Waals surface area contributed by atoms with Gasteiger partial charge in [-0.3, -0.25) is 0 Å². The fraction of sp³-hybridized carbons (Fsp3) is 0.818. The van der Waals surface area contributed by atoms with Gasteiger partial charge in [-0.05, 0) is 52.5 Å². The highest BCUT2D eigenvalue weighted by atomic mass is 15.5. The first-order valence-electron chi connectivity index (χ1n) is 5.66. The van der Waals surface area contributed by atoms with Gasteiger partial charge in [0.1, 0.15) is 0 Å². The largest absolute Gasteiger partial charge is 0.330 e. The molecule has 0 amide bonds. The van der Waals surface area contributed by atoms with Crippen molar-refractivity contribution in [3.05, 3.63) is 11.4 Å². The summed E-state index contributed by atoms with van der Waals surface area (Å²) >= 11 is 0. The molecule has 1 aliphatic rings. The number of hydrogen-bond donors (Lipinski definition) is 1. The lowest BCUT2D eigenvalue weighted by atomic mass is 9.89. The Bertz CT molecular complexity index is 348. The van der Waals surface area contributed by atoms with E-state index in [9.17, 15) is 0 Å². The minimum Gasteiger partial charge on any atom is -0.330 e. The number of hydrogen-bond acceptors (Lipinski definition) is 3. The molecule has 0 bridgehead atoms. The summed E-state index contributed by atoms with van der Waals surface area (Å²) in [5, 5.41) is 8.54. The maximum atomic E-state index is 5.70. The number of fused-ring (bicyclic) bond motifs is 1. The van der Waals surface area contributed by atoms with Crippen molar-refractivity contribution in [2.45, 2.75) is 45.6 Å². The van der Waals surface area contributed by atoms with Crippen LogP contribution in [0.15, 0.2) is 0 Å². The Labute approximate surface area is 90.8 Å². The third-order valence-electron chi connectivity index (χ3n) is 3.08. The molecule has 1 aliphatic carbocycles. The van der Waals surface area contributed by atoms with Gasteiger partial charge in [-0.25, -0.2) is 4.68 Å². The lowest BCUT2D eigenvalue weighted by molar-refractivity contribution is 0.328. The van der Waals surface area contributed by atoms with Gasteiger partial charge in [0.25, 0.3) is 0 Å². The van der Waals surface area contributed by atoms with Crippen LogP contribution < -0.4 is 5.73 Å². The van der Waals surface area contributed by atoms with E-state index in [4.69, 9.17) is 5.73 Å². The van der Waals surface area contributed by atoms with Crippen LogP contribution in [0.2, 0.25) is 0 Å². The molecule has 15 heavy (non-hydrogen) atoms. The van der Waals surface area contributed by atoms with Gasteiger partial charge in [0, 0.05) is 0 Å². The molecule has 0 aliphatic heterocycles. The predicted molar refractivity (Wildman–Crippen MR) is 59.6 cm³/mol. The lowest BCUT2D eigenvalue weighted by Gasteiger charge is -2.25. The number of aromatic nitrogens is 3. The first-order chi connectivity index (χ1) is 7.02. The number of nitrogens with two attached hydrogens (primary N) is 1. The van der Waals surface area contributed by atoms with Crippen LogP contribution in [0.3, 0.4) is 0 Å². The van der Waals surface area contributed by atoms with Crippen LogP contribution in [-0.4, -0.2) is 21.5 Å². The minimum atomic E-state index is 0.0378. The zero-order chi connectivity index (χ0) is 11.1. The third-order valence-corrected chi connectivity index (χ3v) is 3.08. The van der Waals surface area contributed by atoms with Crippen LogP contribution in [0.5, 0.6) is 0 Å². The second-order valence-electron chi connectivity index (χ2n) is 5.41. The Morgan fingerprint density at radius 2 is 2.20 bits per heavy atom. The van der Waals surface area contributed by atoms with Gasteiger partial charge in [-0.15, -0.1) is 5.10 Å².